The number of hydrogen-bond acceptors (Lipinski definition) is 3. The van der Waals surface area contributed by atoms with Crippen LogP contribution in [0.1, 0.15) is 36.2 Å². The van der Waals surface area contributed by atoms with Crippen LogP contribution in [0.15, 0.2) is 24.3 Å². The maximum absolute atomic E-state index is 11.6. The van der Waals surface area contributed by atoms with Crippen LogP contribution < -0.4 is 10.6 Å². The van der Waals surface area contributed by atoms with Crippen LogP contribution in [-0.4, -0.2) is 29.6 Å². The topological polar surface area (TPSA) is 78.4 Å². The van der Waals surface area contributed by atoms with E-state index in [9.17, 15) is 9.59 Å². The molecule has 0 aliphatic carbocycles. The predicted octanol–water partition coefficient (Wildman–Crippen LogP) is 1.39. The summed E-state index contributed by atoms with van der Waals surface area (Å²) in [6.07, 6.45) is 0.902. The van der Waals surface area contributed by atoms with E-state index < -0.39 is 5.97 Å². The number of rotatable bonds is 7. The monoisotopic (exact) mass is 264 g/mol. The van der Waals surface area contributed by atoms with E-state index in [1.54, 1.807) is 25.1 Å². The molecule has 1 rings (SSSR count). The lowest BCUT2D eigenvalue weighted by molar-refractivity contribution is -0.122. The molecule has 1 aromatic carbocycles. The molecule has 1 aromatic rings. The third-order valence-electron chi connectivity index (χ3n) is 2.73. The van der Waals surface area contributed by atoms with Gasteiger partial charge in [-0.25, -0.2) is 4.79 Å². The van der Waals surface area contributed by atoms with Crippen molar-refractivity contribution in [3.8, 4) is 0 Å². The highest BCUT2D eigenvalue weighted by Gasteiger charge is 2.11. The van der Waals surface area contributed by atoms with Gasteiger partial charge in [-0.05, 0) is 31.0 Å². The molecule has 0 fully saturated rings. The van der Waals surface area contributed by atoms with Crippen molar-refractivity contribution in [3.05, 3.63) is 35.4 Å². The van der Waals surface area contributed by atoms with Crippen LogP contribution in [0.3, 0.4) is 0 Å². The second-order valence-corrected chi connectivity index (χ2v) is 4.40. The summed E-state index contributed by atoms with van der Waals surface area (Å²) >= 11 is 0. The van der Waals surface area contributed by atoms with Gasteiger partial charge in [0.25, 0.3) is 0 Å². The van der Waals surface area contributed by atoms with Gasteiger partial charge in [0, 0.05) is 13.1 Å². The number of carboxylic acid groups (broad SMARTS) is 1. The summed E-state index contributed by atoms with van der Waals surface area (Å²) in [7, 11) is 0. The molecule has 1 unspecified atom stereocenters. The first-order valence-corrected chi connectivity index (χ1v) is 6.38. The molecule has 0 spiro atoms. The number of benzene rings is 1. The zero-order valence-corrected chi connectivity index (χ0v) is 11.3. The first-order chi connectivity index (χ1) is 9.04. The lowest BCUT2D eigenvalue weighted by Crippen LogP contribution is -2.42. The number of carboxylic acids is 1. The smallest absolute Gasteiger partial charge is 0.335 e. The Hall–Kier alpha value is -1.88. The molecule has 0 radical (unpaired) electrons. The molecule has 1 amide bonds. The minimum absolute atomic E-state index is 0.0451. The van der Waals surface area contributed by atoms with Gasteiger partial charge in [-0.1, -0.05) is 19.1 Å². The highest BCUT2D eigenvalue weighted by molar-refractivity contribution is 5.87. The van der Waals surface area contributed by atoms with Crippen molar-refractivity contribution < 1.29 is 14.7 Å². The van der Waals surface area contributed by atoms with E-state index in [-0.39, 0.29) is 17.5 Å². The second kappa shape index (κ2) is 7.53. The average molecular weight is 264 g/mol. The summed E-state index contributed by atoms with van der Waals surface area (Å²) < 4.78 is 0. The van der Waals surface area contributed by atoms with Gasteiger partial charge in [-0.3, -0.25) is 4.79 Å². The Morgan fingerprint density at radius 2 is 2.11 bits per heavy atom. The lowest BCUT2D eigenvalue weighted by Gasteiger charge is -2.13. The summed E-state index contributed by atoms with van der Waals surface area (Å²) in [5.41, 5.74) is 1.09. The minimum atomic E-state index is -0.949. The molecule has 3 N–H and O–H groups in total. The molecule has 0 aromatic heterocycles. The summed E-state index contributed by atoms with van der Waals surface area (Å²) in [6.45, 7) is 4.91. The number of amides is 1. The standard InChI is InChI=1S/C14H20N2O3/c1-3-7-15-13(17)10(2)16-9-11-5-4-6-12(8-11)14(18)19/h4-6,8,10,16H,3,7,9H2,1-2H3,(H,15,17)(H,18,19). The predicted molar refractivity (Wildman–Crippen MR) is 73.0 cm³/mol. The lowest BCUT2D eigenvalue weighted by atomic mass is 10.1. The number of hydrogen-bond donors (Lipinski definition) is 3. The van der Waals surface area contributed by atoms with Crippen molar-refractivity contribution >= 4 is 11.9 Å². The zero-order valence-electron chi connectivity index (χ0n) is 11.3. The van der Waals surface area contributed by atoms with Gasteiger partial charge in [0.2, 0.25) is 5.91 Å². The Morgan fingerprint density at radius 1 is 1.37 bits per heavy atom. The third kappa shape index (κ3) is 5.09. The first kappa shape index (κ1) is 15.2. The van der Waals surface area contributed by atoms with Gasteiger partial charge in [0.1, 0.15) is 0 Å². The second-order valence-electron chi connectivity index (χ2n) is 4.40. The number of carbonyl (C=O) groups is 2. The summed E-state index contributed by atoms with van der Waals surface area (Å²) in [4.78, 5) is 22.5. The Bertz CT molecular complexity index is 446. The summed E-state index contributed by atoms with van der Waals surface area (Å²) in [5.74, 6) is -0.994. The van der Waals surface area contributed by atoms with Gasteiger partial charge < -0.3 is 15.7 Å². The molecule has 5 heteroatoms. The molecule has 0 saturated carbocycles. The molecule has 1 atom stereocenters. The largest absolute Gasteiger partial charge is 0.478 e. The van der Waals surface area contributed by atoms with Gasteiger partial charge in [0.15, 0.2) is 0 Å². The molecule has 19 heavy (non-hydrogen) atoms. The van der Waals surface area contributed by atoms with Crippen molar-refractivity contribution in [2.75, 3.05) is 6.54 Å². The Kier molecular flexibility index (Phi) is 6.02. The SMILES string of the molecule is CCCNC(=O)C(C)NCc1cccc(C(=O)O)c1. The number of carbonyl (C=O) groups excluding carboxylic acids is 1. The van der Waals surface area contributed by atoms with Crippen molar-refractivity contribution in [1.29, 1.82) is 0 Å². The summed E-state index contributed by atoms with van der Waals surface area (Å²) in [5, 5.41) is 14.8. The van der Waals surface area contributed by atoms with E-state index >= 15 is 0 Å². The fourth-order valence-electron chi connectivity index (χ4n) is 1.58. The molecule has 0 aliphatic heterocycles. The number of aromatic carboxylic acids is 1. The molecule has 5 nitrogen and oxygen atoms in total. The van der Waals surface area contributed by atoms with Crippen LogP contribution in [0.2, 0.25) is 0 Å². The van der Waals surface area contributed by atoms with Gasteiger partial charge in [0.05, 0.1) is 11.6 Å². The zero-order chi connectivity index (χ0) is 14.3. The van der Waals surface area contributed by atoms with Crippen LogP contribution in [0.25, 0.3) is 0 Å². The Balaban J connectivity index is 2.50. The van der Waals surface area contributed by atoms with E-state index in [0.29, 0.717) is 13.1 Å². The highest BCUT2D eigenvalue weighted by Crippen LogP contribution is 2.05. The third-order valence-corrected chi connectivity index (χ3v) is 2.73. The van der Waals surface area contributed by atoms with Crippen LogP contribution >= 0.6 is 0 Å². The van der Waals surface area contributed by atoms with Crippen molar-refractivity contribution in [2.45, 2.75) is 32.9 Å². The highest BCUT2D eigenvalue weighted by atomic mass is 16.4. The Morgan fingerprint density at radius 3 is 2.74 bits per heavy atom. The molecule has 0 bridgehead atoms. The normalized spacial score (nSPS) is 11.9. The summed E-state index contributed by atoms with van der Waals surface area (Å²) in [6, 6.07) is 6.37. The van der Waals surface area contributed by atoms with E-state index in [4.69, 9.17) is 5.11 Å². The Labute approximate surface area is 113 Å². The maximum Gasteiger partial charge on any atom is 0.335 e. The minimum Gasteiger partial charge on any atom is -0.478 e. The van der Waals surface area contributed by atoms with Crippen molar-refractivity contribution in [1.82, 2.24) is 10.6 Å². The van der Waals surface area contributed by atoms with Gasteiger partial charge in [-0.2, -0.15) is 0 Å². The van der Waals surface area contributed by atoms with Crippen LogP contribution in [0.5, 0.6) is 0 Å². The molecule has 0 heterocycles. The molecule has 0 aliphatic rings. The van der Waals surface area contributed by atoms with E-state index in [1.807, 2.05) is 13.0 Å². The van der Waals surface area contributed by atoms with Crippen LogP contribution in [0, 0.1) is 0 Å². The average Bonchev–Trinajstić information content (AvgIpc) is 2.42. The maximum atomic E-state index is 11.6. The van der Waals surface area contributed by atoms with Gasteiger partial charge in [-0.15, -0.1) is 0 Å². The quantitative estimate of drug-likeness (QED) is 0.695. The van der Waals surface area contributed by atoms with Crippen molar-refractivity contribution in [2.24, 2.45) is 0 Å². The van der Waals surface area contributed by atoms with E-state index in [0.717, 1.165) is 12.0 Å². The van der Waals surface area contributed by atoms with Crippen LogP contribution in [0.4, 0.5) is 0 Å². The fraction of sp³-hybridized carbons (Fsp3) is 0.429. The molecular weight excluding hydrogens is 244 g/mol. The van der Waals surface area contributed by atoms with Crippen LogP contribution in [-0.2, 0) is 11.3 Å². The van der Waals surface area contributed by atoms with Crippen molar-refractivity contribution in [3.63, 3.8) is 0 Å². The fourth-order valence-corrected chi connectivity index (χ4v) is 1.58. The number of nitrogens with one attached hydrogen (secondary N) is 2. The van der Waals surface area contributed by atoms with E-state index in [1.165, 1.54) is 0 Å². The van der Waals surface area contributed by atoms with Gasteiger partial charge >= 0.3 is 5.97 Å². The molecular formula is C14H20N2O3. The first-order valence-electron chi connectivity index (χ1n) is 6.38. The molecule has 104 valence electrons. The molecule has 0 saturated heterocycles. The van der Waals surface area contributed by atoms with E-state index in [2.05, 4.69) is 10.6 Å².